The van der Waals surface area contributed by atoms with Crippen LogP contribution in [-0.4, -0.2) is 40.5 Å². The van der Waals surface area contributed by atoms with Crippen molar-refractivity contribution in [1.29, 1.82) is 0 Å². The molecule has 0 atom stereocenters. The van der Waals surface area contributed by atoms with Gasteiger partial charge in [0.2, 0.25) is 0 Å². The zero-order valence-electron chi connectivity index (χ0n) is 13.2. The normalized spacial score (nSPS) is 16.3. The summed E-state index contributed by atoms with van der Waals surface area (Å²) in [6.45, 7) is 5.14. The predicted octanol–water partition coefficient (Wildman–Crippen LogP) is 2.61. The first-order valence-electron chi connectivity index (χ1n) is 8.09. The third-order valence-electron chi connectivity index (χ3n) is 4.71. The van der Waals surface area contributed by atoms with E-state index in [0.29, 0.717) is 0 Å². The molecule has 1 N–H and O–H groups in total. The van der Waals surface area contributed by atoms with E-state index in [-0.39, 0.29) is 0 Å². The highest BCUT2D eigenvalue weighted by molar-refractivity contribution is 5.42. The van der Waals surface area contributed by atoms with Gasteiger partial charge in [0.1, 0.15) is 5.65 Å². The number of hydrogen-bond acceptors (Lipinski definition) is 3. The van der Waals surface area contributed by atoms with Gasteiger partial charge in [0, 0.05) is 31.9 Å². The van der Waals surface area contributed by atoms with Gasteiger partial charge < -0.3 is 14.6 Å². The van der Waals surface area contributed by atoms with Crippen LogP contribution < -0.4 is 5.32 Å². The fraction of sp³-hybridized carbons (Fsp3) is 0.588. The monoisotopic (exact) mass is 286 g/mol. The molecule has 0 aliphatic heterocycles. The summed E-state index contributed by atoms with van der Waals surface area (Å²) in [5.74, 6) is 0. The summed E-state index contributed by atoms with van der Waals surface area (Å²) in [6, 6.07) is 6.97. The highest BCUT2D eigenvalue weighted by atomic mass is 15.1. The molecule has 0 spiro atoms. The van der Waals surface area contributed by atoms with Crippen molar-refractivity contribution in [1.82, 2.24) is 19.6 Å². The van der Waals surface area contributed by atoms with Crippen molar-refractivity contribution in [3.63, 3.8) is 0 Å². The average Bonchev–Trinajstić information content (AvgIpc) is 3.11. The molecular weight excluding hydrogens is 260 g/mol. The Balaban J connectivity index is 1.51. The van der Waals surface area contributed by atoms with Crippen molar-refractivity contribution in [2.45, 2.75) is 45.2 Å². The van der Waals surface area contributed by atoms with Crippen molar-refractivity contribution in [2.24, 2.45) is 0 Å². The fourth-order valence-corrected chi connectivity index (χ4v) is 3.37. The van der Waals surface area contributed by atoms with Gasteiger partial charge in [-0.05, 0) is 38.9 Å². The molecule has 0 amide bonds. The van der Waals surface area contributed by atoms with Crippen LogP contribution >= 0.6 is 0 Å². The lowest BCUT2D eigenvalue weighted by Crippen LogP contribution is -2.35. The smallest absolute Gasteiger partial charge is 0.137 e. The number of imidazole rings is 1. The van der Waals surface area contributed by atoms with E-state index in [1.165, 1.54) is 31.4 Å². The standard InChI is InChI=1S/C17H26N4/c1-14-16(21-11-6-5-9-17(21)19-14)13-18-10-12-20(2)15-7-3-4-8-15/h5-6,9,11,15,18H,3-4,7-8,10,12-13H2,1-2H3. The molecule has 0 radical (unpaired) electrons. The summed E-state index contributed by atoms with van der Waals surface area (Å²) < 4.78 is 2.18. The minimum atomic E-state index is 0.810. The molecule has 0 aromatic carbocycles. The van der Waals surface area contributed by atoms with Crippen LogP contribution in [0.1, 0.15) is 37.1 Å². The minimum absolute atomic E-state index is 0.810. The lowest BCUT2D eigenvalue weighted by molar-refractivity contribution is 0.245. The molecule has 4 heteroatoms. The molecule has 2 heterocycles. The molecule has 1 aliphatic carbocycles. The number of nitrogens with zero attached hydrogens (tertiary/aromatic N) is 3. The number of hydrogen-bond donors (Lipinski definition) is 1. The Kier molecular flexibility index (Phi) is 4.56. The second-order valence-corrected chi connectivity index (χ2v) is 6.17. The van der Waals surface area contributed by atoms with E-state index in [1.807, 2.05) is 6.07 Å². The Hall–Kier alpha value is -1.39. The molecule has 0 saturated heterocycles. The van der Waals surface area contributed by atoms with Gasteiger partial charge in [-0.1, -0.05) is 18.9 Å². The van der Waals surface area contributed by atoms with Gasteiger partial charge in [-0.25, -0.2) is 4.98 Å². The van der Waals surface area contributed by atoms with Crippen LogP contribution in [0.2, 0.25) is 0 Å². The van der Waals surface area contributed by atoms with Crippen molar-refractivity contribution in [3.8, 4) is 0 Å². The molecule has 2 aromatic heterocycles. The van der Waals surface area contributed by atoms with Gasteiger partial charge in [0.25, 0.3) is 0 Å². The molecular formula is C17H26N4. The number of pyridine rings is 1. The summed E-state index contributed by atoms with van der Waals surface area (Å²) in [7, 11) is 2.26. The number of likely N-dealkylation sites (N-methyl/N-ethyl adjacent to an activating group) is 1. The molecule has 1 fully saturated rings. The Bertz CT molecular complexity index is 583. The topological polar surface area (TPSA) is 32.6 Å². The second kappa shape index (κ2) is 6.58. The quantitative estimate of drug-likeness (QED) is 0.829. The first-order valence-corrected chi connectivity index (χ1v) is 8.09. The molecule has 1 saturated carbocycles. The minimum Gasteiger partial charge on any atom is -0.310 e. The van der Waals surface area contributed by atoms with Gasteiger partial charge in [0.05, 0.1) is 11.4 Å². The van der Waals surface area contributed by atoms with Gasteiger partial charge in [-0.15, -0.1) is 0 Å². The maximum absolute atomic E-state index is 4.60. The van der Waals surface area contributed by atoms with E-state index in [2.05, 4.69) is 51.9 Å². The largest absolute Gasteiger partial charge is 0.310 e. The Morgan fingerprint density at radius 1 is 1.33 bits per heavy atom. The van der Waals surface area contributed by atoms with Crippen LogP contribution in [0.3, 0.4) is 0 Å². The first kappa shape index (κ1) is 14.5. The SMILES string of the molecule is Cc1nc2ccccn2c1CNCCN(C)C1CCCC1. The second-order valence-electron chi connectivity index (χ2n) is 6.17. The number of aryl methyl sites for hydroxylation is 1. The molecule has 0 unspecified atom stereocenters. The molecule has 1 aliphatic rings. The van der Waals surface area contributed by atoms with Gasteiger partial charge in [0.15, 0.2) is 0 Å². The number of rotatable bonds is 6. The van der Waals surface area contributed by atoms with E-state index in [0.717, 1.165) is 37.0 Å². The lowest BCUT2D eigenvalue weighted by Gasteiger charge is -2.23. The van der Waals surface area contributed by atoms with E-state index in [1.54, 1.807) is 0 Å². The summed E-state index contributed by atoms with van der Waals surface area (Å²) >= 11 is 0. The molecule has 2 aromatic rings. The fourth-order valence-electron chi connectivity index (χ4n) is 3.37. The van der Waals surface area contributed by atoms with Crippen LogP contribution in [0.5, 0.6) is 0 Å². The first-order chi connectivity index (χ1) is 10.3. The lowest BCUT2D eigenvalue weighted by atomic mass is 10.2. The number of nitrogens with one attached hydrogen (secondary N) is 1. The van der Waals surface area contributed by atoms with Crippen LogP contribution in [0.25, 0.3) is 5.65 Å². The van der Waals surface area contributed by atoms with Crippen molar-refractivity contribution in [2.75, 3.05) is 20.1 Å². The highest BCUT2D eigenvalue weighted by Crippen LogP contribution is 2.21. The number of fused-ring (bicyclic) bond motifs is 1. The van der Waals surface area contributed by atoms with Crippen LogP contribution in [0, 0.1) is 6.92 Å². The third kappa shape index (κ3) is 3.27. The molecule has 3 rings (SSSR count). The maximum atomic E-state index is 4.60. The number of aromatic nitrogens is 2. The summed E-state index contributed by atoms with van der Waals surface area (Å²) in [5, 5.41) is 3.57. The van der Waals surface area contributed by atoms with Gasteiger partial charge >= 0.3 is 0 Å². The molecule has 4 nitrogen and oxygen atoms in total. The summed E-state index contributed by atoms with van der Waals surface area (Å²) in [5.41, 5.74) is 3.43. The average molecular weight is 286 g/mol. The van der Waals surface area contributed by atoms with E-state index >= 15 is 0 Å². The molecule has 0 bridgehead atoms. The highest BCUT2D eigenvalue weighted by Gasteiger charge is 2.18. The Morgan fingerprint density at radius 2 is 2.14 bits per heavy atom. The zero-order valence-corrected chi connectivity index (χ0v) is 13.2. The van der Waals surface area contributed by atoms with E-state index in [9.17, 15) is 0 Å². The Morgan fingerprint density at radius 3 is 2.95 bits per heavy atom. The van der Waals surface area contributed by atoms with E-state index in [4.69, 9.17) is 0 Å². The van der Waals surface area contributed by atoms with Gasteiger partial charge in [-0.3, -0.25) is 0 Å². The van der Waals surface area contributed by atoms with Crippen LogP contribution in [-0.2, 0) is 6.54 Å². The van der Waals surface area contributed by atoms with Crippen molar-refractivity contribution < 1.29 is 0 Å². The molecule has 114 valence electrons. The van der Waals surface area contributed by atoms with Gasteiger partial charge in [-0.2, -0.15) is 0 Å². The predicted molar refractivity (Wildman–Crippen MR) is 86.5 cm³/mol. The Labute approximate surface area is 127 Å². The summed E-state index contributed by atoms with van der Waals surface area (Å²) in [6.07, 6.45) is 7.66. The third-order valence-corrected chi connectivity index (χ3v) is 4.71. The maximum Gasteiger partial charge on any atom is 0.137 e. The van der Waals surface area contributed by atoms with Crippen LogP contribution in [0.4, 0.5) is 0 Å². The molecule has 21 heavy (non-hydrogen) atoms. The van der Waals surface area contributed by atoms with Crippen LogP contribution in [0.15, 0.2) is 24.4 Å². The van der Waals surface area contributed by atoms with Crippen molar-refractivity contribution in [3.05, 3.63) is 35.8 Å². The summed E-state index contributed by atoms with van der Waals surface area (Å²) in [4.78, 5) is 7.12. The zero-order chi connectivity index (χ0) is 14.7. The van der Waals surface area contributed by atoms with E-state index < -0.39 is 0 Å². The van der Waals surface area contributed by atoms with Crippen molar-refractivity contribution >= 4 is 5.65 Å².